The van der Waals surface area contributed by atoms with Crippen molar-refractivity contribution in [3.8, 4) is 22.8 Å². The smallest absolute Gasteiger partial charge is 0.231 e. The van der Waals surface area contributed by atoms with Gasteiger partial charge >= 0.3 is 0 Å². The largest absolute Gasteiger partial charge is 0.454 e. The summed E-state index contributed by atoms with van der Waals surface area (Å²) in [5, 5.41) is 7.74. The number of hydrogen-bond donors (Lipinski definition) is 0. The van der Waals surface area contributed by atoms with Crippen LogP contribution in [0.5, 0.6) is 11.5 Å². The molecule has 5 nitrogen and oxygen atoms in total. The van der Waals surface area contributed by atoms with Crippen molar-refractivity contribution >= 4 is 40.8 Å². The van der Waals surface area contributed by atoms with Crippen molar-refractivity contribution in [3.63, 3.8) is 0 Å². The molecule has 0 atom stereocenters. The van der Waals surface area contributed by atoms with Gasteiger partial charge in [0, 0.05) is 16.0 Å². The molecule has 28 heavy (non-hydrogen) atoms. The van der Waals surface area contributed by atoms with Crippen LogP contribution < -0.4 is 14.3 Å². The lowest BCUT2D eigenvalue weighted by Gasteiger charge is -2.06. The summed E-state index contributed by atoms with van der Waals surface area (Å²) in [4.78, 5) is 5.26. The molecule has 0 spiro atoms. The summed E-state index contributed by atoms with van der Waals surface area (Å²) in [5.74, 6) is 1.44. The molecule has 0 bridgehead atoms. The zero-order valence-corrected chi connectivity index (χ0v) is 17.0. The number of hydrogen-bond acceptors (Lipinski definition) is 5. The number of fused-ring (bicyclic) bond motifs is 1. The number of nitrogens with zero attached hydrogens (tertiary/aromatic N) is 3. The molecule has 2 aromatic carbocycles. The Morgan fingerprint density at radius 2 is 2.00 bits per heavy atom. The van der Waals surface area contributed by atoms with E-state index < -0.39 is 0 Å². The Hall–Kier alpha value is -2.54. The lowest BCUT2D eigenvalue weighted by molar-refractivity contribution is 0.174. The molecule has 0 amide bonds. The highest BCUT2D eigenvalue weighted by molar-refractivity contribution is 7.07. The fraction of sp³-hybridized carbons (Fsp3) is 0.100. The van der Waals surface area contributed by atoms with E-state index in [-0.39, 0.29) is 6.79 Å². The average Bonchev–Trinajstić information content (AvgIpc) is 3.31. The van der Waals surface area contributed by atoms with Gasteiger partial charge in [-0.3, -0.25) is 4.99 Å². The Morgan fingerprint density at radius 1 is 1.14 bits per heavy atom. The lowest BCUT2D eigenvalue weighted by atomic mass is 10.2. The van der Waals surface area contributed by atoms with E-state index in [1.807, 2.05) is 29.6 Å². The van der Waals surface area contributed by atoms with E-state index in [0.29, 0.717) is 22.3 Å². The van der Waals surface area contributed by atoms with Crippen LogP contribution in [-0.2, 0) is 0 Å². The summed E-state index contributed by atoms with van der Waals surface area (Å²) in [6, 6.07) is 11.0. The molecule has 1 aliphatic rings. The maximum absolute atomic E-state index is 6.41. The van der Waals surface area contributed by atoms with Gasteiger partial charge in [-0.1, -0.05) is 29.3 Å². The summed E-state index contributed by atoms with van der Waals surface area (Å²) < 4.78 is 12.5. The number of aromatic nitrogens is 1. The molecule has 142 valence electrons. The Bertz CT molecular complexity index is 1130. The summed E-state index contributed by atoms with van der Waals surface area (Å²) in [6.07, 6.45) is 3.48. The molecule has 0 aliphatic carbocycles. The number of ether oxygens (including phenoxy) is 2. The van der Waals surface area contributed by atoms with Crippen molar-refractivity contribution in [1.29, 1.82) is 0 Å². The van der Waals surface area contributed by atoms with Crippen LogP contribution in [0.2, 0.25) is 10.0 Å². The molecule has 8 heteroatoms. The normalized spacial score (nSPS) is 13.4. The fourth-order valence-electron chi connectivity index (χ4n) is 2.66. The van der Waals surface area contributed by atoms with E-state index in [2.05, 4.69) is 16.7 Å². The quantitative estimate of drug-likeness (QED) is 0.410. The first kappa shape index (κ1) is 18.8. The van der Waals surface area contributed by atoms with Crippen molar-refractivity contribution in [2.24, 2.45) is 10.1 Å². The highest BCUT2D eigenvalue weighted by Crippen LogP contribution is 2.32. The third-order valence-electron chi connectivity index (χ3n) is 3.97. The van der Waals surface area contributed by atoms with Gasteiger partial charge in [-0.15, -0.1) is 17.9 Å². The monoisotopic (exact) mass is 431 g/mol. The van der Waals surface area contributed by atoms with E-state index in [9.17, 15) is 0 Å². The molecule has 3 aromatic rings. The van der Waals surface area contributed by atoms with E-state index in [1.165, 1.54) is 11.3 Å². The number of halogens is 2. The van der Waals surface area contributed by atoms with Crippen molar-refractivity contribution < 1.29 is 9.47 Å². The molecule has 2 heterocycles. The van der Waals surface area contributed by atoms with E-state index >= 15 is 0 Å². The van der Waals surface area contributed by atoms with Gasteiger partial charge in [0.25, 0.3) is 0 Å². The van der Waals surface area contributed by atoms with Crippen LogP contribution in [-0.4, -0.2) is 24.2 Å². The van der Waals surface area contributed by atoms with Crippen LogP contribution in [0.15, 0.2) is 64.5 Å². The first-order chi connectivity index (χ1) is 13.7. The number of rotatable bonds is 5. The Labute approximate surface area is 175 Å². The zero-order valence-electron chi connectivity index (χ0n) is 14.6. The standard InChI is InChI=1S/C20H15Cl2N3O2S/c1-2-7-23-20-25(17(11-28-20)15-5-4-14(21)9-16(15)22)24-10-13-3-6-18-19(8-13)27-12-26-18/h2-6,8-11H,1,7,12H2/b23-20?,24-10-. The molecule has 0 unspecified atom stereocenters. The van der Waals surface area contributed by atoms with Crippen LogP contribution in [0.1, 0.15) is 5.56 Å². The fourth-order valence-corrected chi connectivity index (χ4v) is 4.01. The summed E-state index contributed by atoms with van der Waals surface area (Å²) in [6.45, 7) is 4.45. The zero-order chi connectivity index (χ0) is 19.5. The van der Waals surface area contributed by atoms with Gasteiger partial charge in [0.05, 0.1) is 23.5 Å². The van der Waals surface area contributed by atoms with Crippen LogP contribution >= 0.6 is 34.5 Å². The molecule has 1 aliphatic heterocycles. The van der Waals surface area contributed by atoms with Crippen LogP contribution in [0, 0.1) is 0 Å². The highest BCUT2D eigenvalue weighted by Gasteiger charge is 2.14. The van der Waals surface area contributed by atoms with Crippen molar-refractivity contribution in [1.82, 2.24) is 4.68 Å². The van der Waals surface area contributed by atoms with Crippen LogP contribution in [0.4, 0.5) is 0 Å². The Morgan fingerprint density at radius 3 is 2.82 bits per heavy atom. The van der Waals surface area contributed by atoms with Crippen molar-refractivity contribution in [2.45, 2.75) is 0 Å². The van der Waals surface area contributed by atoms with Crippen molar-refractivity contribution in [3.05, 3.63) is 74.8 Å². The van der Waals surface area contributed by atoms with Crippen LogP contribution in [0.25, 0.3) is 11.3 Å². The molecule has 1 aromatic heterocycles. The van der Waals surface area contributed by atoms with E-state index in [4.69, 9.17) is 32.7 Å². The summed E-state index contributed by atoms with van der Waals surface area (Å²) in [7, 11) is 0. The average molecular weight is 432 g/mol. The minimum Gasteiger partial charge on any atom is -0.454 e. The van der Waals surface area contributed by atoms with Crippen molar-refractivity contribution in [2.75, 3.05) is 13.3 Å². The minimum atomic E-state index is 0.235. The maximum Gasteiger partial charge on any atom is 0.231 e. The molecular formula is C20H15Cl2N3O2S. The van der Waals surface area contributed by atoms with Crippen LogP contribution in [0.3, 0.4) is 0 Å². The third kappa shape index (κ3) is 3.85. The molecule has 0 saturated carbocycles. The van der Waals surface area contributed by atoms with Gasteiger partial charge in [0.2, 0.25) is 11.6 Å². The second kappa shape index (κ2) is 8.22. The molecule has 0 fully saturated rings. The summed E-state index contributed by atoms with van der Waals surface area (Å²) >= 11 is 13.9. The van der Waals surface area contributed by atoms with Gasteiger partial charge in [-0.2, -0.15) is 5.10 Å². The Balaban J connectivity index is 1.77. The van der Waals surface area contributed by atoms with Gasteiger partial charge in [-0.25, -0.2) is 4.68 Å². The number of thiazole rings is 1. The van der Waals surface area contributed by atoms with Gasteiger partial charge in [0.1, 0.15) is 0 Å². The SMILES string of the molecule is C=CCN=c1scc(-c2ccc(Cl)cc2Cl)n1/N=C\c1ccc2c(c1)OCO2. The first-order valence-electron chi connectivity index (χ1n) is 8.37. The predicted molar refractivity (Wildman–Crippen MR) is 114 cm³/mol. The lowest BCUT2D eigenvalue weighted by Crippen LogP contribution is -2.12. The Kier molecular flexibility index (Phi) is 5.52. The third-order valence-corrected chi connectivity index (χ3v) is 5.37. The van der Waals surface area contributed by atoms with E-state index in [0.717, 1.165) is 27.4 Å². The van der Waals surface area contributed by atoms with Gasteiger partial charge in [0.15, 0.2) is 11.5 Å². The molecule has 0 saturated heterocycles. The first-order valence-corrected chi connectivity index (χ1v) is 10.0. The second-order valence-electron chi connectivity index (χ2n) is 5.83. The van der Waals surface area contributed by atoms with Gasteiger partial charge in [-0.05, 0) is 42.0 Å². The molecule has 4 rings (SSSR count). The molecular weight excluding hydrogens is 417 g/mol. The predicted octanol–water partition coefficient (Wildman–Crippen LogP) is 5.22. The molecule has 0 N–H and O–H groups in total. The second-order valence-corrected chi connectivity index (χ2v) is 7.51. The maximum atomic E-state index is 6.41. The topological polar surface area (TPSA) is 48.1 Å². The van der Waals surface area contributed by atoms with E-state index in [1.54, 1.807) is 29.1 Å². The highest BCUT2D eigenvalue weighted by atomic mass is 35.5. The molecule has 0 radical (unpaired) electrons. The summed E-state index contributed by atoms with van der Waals surface area (Å²) in [5.41, 5.74) is 2.53. The van der Waals surface area contributed by atoms with Gasteiger partial charge < -0.3 is 9.47 Å². The minimum absolute atomic E-state index is 0.235. The number of benzene rings is 2.